The third-order valence-electron chi connectivity index (χ3n) is 6.32. The number of hydrogen-bond donors (Lipinski definition) is 0. The van der Waals surface area contributed by atoms with E-state index in [0.29, 0.717) is 0 Å². The van der Waals surface area contributed by atoms with E-state index in [9.17, 15) is 0 Å². The van der Waals surface area contributed by atoms with E-state index in [1.807, 2.05) is 22.7 Å². The quantitative estimate of drug-likeness (QED) is 0.260. The summed E-state index contributed by atoms with van der Waals surface area (Å²) in [5, 5.41) is 2.70. The van der Waals surface area contributed by atoms with Crippen LogP contribution in [0.4, 0.5) is 11.4 Å². The zero-order chi connectivity index (χ0) is 21.1. The molecule has 0 saturated carbocycles. The molecule has 3 heterocycles. The molecule has 4 heteroatoms. The molecule has 0 amide bonds. The van der Waals surface area contributed by atoms with Crippen molar-refractivity contribution in [1.29, 1.82) is 0 Å². The molecule has 0 spiro atoms. The van der Waals surface area contributed by atoms with Gasteiger partial charge in [-0.05, 0) is 29.7 Å². The number of nitrogens with zero attached hydrogens (tertiary/aromatic N) is 1. The van der Waals surface area contributed by atoms with Gasteiger partial charge in [0.25, 0.3) is 0 Å². The fraction of sp³-hybridized carbons (Fsp3) is 0. The predicted molar refractivity (Wildman–Crippen MR) is 143 cm³/mol. The van der Waals surface area contributed by atoms with Crippen molar-refractivity contribution in [1.82, 2.24) is 0 Å². The fourth-order valence-electron chi connectivity index (χ4n) is 4.98. The number of rotatable bonds is 2. The molecule has 1 nitrogen and oxygen atoms in total. The highest BCUT2D eigenvalue weighted by Crippen LogP contribution is 2.52. The molecule has 0 saturated heterocycles. The van der Waals surface area contributed by atoms with Crippen LogP contribution in [0, 0.1) is 0 Å². The maximum absolute atomic E-state index is 2.57. The van der Waals surface area contributed by atoms with Gasteiger partial charge in [-0.3, -0.25) is 0 Å². The van der Waals surface area contributed by atoms with Gasteiger partial charge in [0, 0.05) is 36.2 Å². The van der Waals surface area contributed by atoms with Crippen molar-refractivity contribution >= 4 is 71.3 Å². The average molecular weight is 443 g/mol. The molecular weight excluding hydrogens is 425 g/mol. The lowest BCUT2D eigenvalue weighted by molar-refractivity contribution is 1.41. The van der Waals surface area contributed by atoms with E-state index in [1.54, 1.807) is 0 Å². The molecule has 0 radical (unpaired) electrons. The predicted octanol–water partition coefficient (Wildman–Crippen LogP) is 7.04. The minimum absolute atomic E-state index is 0.136. The summed E-state index contributed by atoms with van der Waals surface area (Å²) in [4.78, 5) is 3.95. The van der Waals surface area contributed by atoms with E-state index in [4.69, 9.17) is 0 Å². The van der Waals surface area contributed by atoms with Crippen LogP contribution in [0.25, 0.3) is 30.6 Å². The normalized spacial score (nSPS) is 12.9. The van der Waals surface area contributed by atoms with Gasteiger partial charge in [0.2, 0.25) is 0 Å². The topological polar surface area (TPSA) is 3.24 Å². The summed E-state index contributed by atoms with van der Waals surface area (Å²) >= 11 is 3.86. The smallest absolute Gasteiger partial charge is 0.339 e. The molecule has 0 bridgehead atoms. The van der Waals surface area contributed by atoms with Gasteiger partial charge in [-0.15, -0.1) is 22.7 Å². The molecule has 6 aromatic rings. The summed E-state index contributed by atoms with van der Waals surface area (Å²) in [6, 6.07) is 39.6. The van der Waals surface area contributed by atoms with Gasteiger partial charge in [-0.25, -0.2) is 0 Å². The number of hydrogen-bond acceptors (Lipinski definition) is 3. The summed E-state index contributed by atoms with van der Waals surface area (Å²) < 4.78 is 4.13. The second-order valence-corrected chi connectivity index (χ2v) is 10.3. The van der Waals surface area contributed by atoms with Gasteiger partial charge in [0.1, 0.15) is 0 Å². The maximum atomic E-state index is 2.57. The first-order chi connectivity index (χ1) is 15.9. The Bertz CT molecular complexity index is 1580. The van der Waals surface area contributed by atoms with Crippen LogP contribution in [0.1, 0.15) is 0 Å². The second-order valence-electron chi connectivity index (χ2n) is 8.13. The van der Waals surface area contributed by atoms with E-state index in [1.165, 1.54) is 52.2 Å². The number of benzene rings is 4. The summed E-state index contributed by atoms with van der Waals surface area (Å²) in [6.07, 6.45) is 0. The van der Waals surface area contributed by atoms with Crippen molar-refractivity contribution < 1.29 is 0 Å². The molecule has 0 fully saturated rings. The zero-order valence-electron chi connectivity index (χ0n) is 17.2. The van der Waals surface area contributed by atoms with Crippen molar-refractivity contribution in [2.45, 2.75) is 0 Å². The van der Waals surface area contributed by atoms with Crippen LogP contribution < -0.4 is 15.1 Å². The third kappa shape index (κ3) is 2.57. The first-order valence-electron chi connectivity index (χ1n) is 10.8. The van der Waals surface area contributed by atoms with Crippen LogP contribution in [0.15, 0.2) is 109 Å². The van der Waals surface area contributed by atoms with Crippen molar-refractivity contribution in [2.75, 3.05) is 4.81 Å². The molecular formula is C28H18BNS2. The molecule has 150 valence electrons. The molecule has 1 aliphatic rings. The lowest BCUT2D eigenvalue weighted by atomic mass is 9.50. The Hall–Kier alpha value is -3.34. The first kappa shape index (κ1) is 18.3. The van der Waals surface area contributed by atoms with Gasteiger partial charge < -0.3 is 4.81 Å². The van der Waals surface area contributed by atoms with Gasteiger partial charge in [0.05, 0.1) is 10.6 Å². The Labute approximate surface area is 195 Å². The largest absolute Gasteiger partial charge is 0.375 e. The summed E-state index contributed by atoms with van der Waals surface area (Å²) in [5.41, 5.74) is 5.31. The molecule has 0 aliphatic carbocycles. The third-order valence-corrected chi connectivity index (χ3v) is 8.72. The Morgan fingerprint density at radius 2 is 1.16 bits per heavy atom. The fourth-order valence-corrected chi connectivity index (χ4v) is 7.64. The van der Waals surface area contributed by atoms with Crippen molar-refractivity contribution in [3.8, 4) is 10.4 Å². The zero-order valence-corrected chi connectivity index (χ0v) is 18.9. The van der Waals surface area contributed by atoms with Gasteiger partial charge in [-0.2, -0.15) is 0 Å². The van der Waals surface area contributed by atoms with Crippen LogP contribution in [0.3, 0.4) is 0 Å². The van der Waals surface area contributed by atoms with E-state index in [-0.39, 0.29) is 6.85 Å². The van der Waals surface area contributed by atoms with E-state index >= 15 is 0 Å². The monoisotopic (exact) mass is 443 g/mol. The van der Waals surface area contributed by atoms with Crippen LogP contribution in [0.2, 0.25) is 0 Å². The molecule has 0 N–H and O–H groups in total. The molecule has 0 atom stereocenters. The van der Waals surface area contributed by atoms with Crippen molar-refractivity contribution in [2.24, 2.45) is 0 Å². The van der Waals surface area contributed by atoms with Crippen molar-refractivity contribution in [3.05, 3.63) is 109 Å². The summed E-state index contributed by atoms with van der Waals surface area (Å²) in [5.74, 6) is 0. The van der Waals surface area contributed by atoms with Crippen LogP contribution in [-0.2, 0) is 0 Å². The lowest BCUT2D eigenvalue weighted by Crippen LogP contribution is -2.56. The average Bonchev–Trinajstić information content (AvgIpc) is 3.43. The van der Waals surface area contributed by atoms with Crippen molar-refractivity contribution in [3.63, 3.8) is 0 Å². The molecule has 32 heavy (non-hydrogen) atoms. The minimum atomic E-state index is 0.136. The van der Waals surface area contributed by atoms with Gasteiger partial charge in [0.15, 0.2) is 0 Å². The minimum Gasteiger partial charge on any atom is -0.375 e. The van der Waals surface area contributed by atoms with Crippen LogP contribution in [-0.4, -0.2) is 6.85 Å². The van der Waals surface area contributed by atoms with E-state index in [2.05, 4.69) is 114 Å². The Balaban J connectivity index is 1.66. The molecule has 1 aliphatic heterocycles. The maximum Gasteiger partial charge on any atom is 0.339 e. The number of para-hydroxylation sites is 1. The highest BCUT2D eigenvalue weighted by molar-refractivity contribution is 7.33. The number of fused-ring (bicyclic) bond motifs is 7. The number of anilines is 2. The highest BCUT2D eigenvalue weighted by atomic mass is 32.1. The van der Waals surface area contributed by atoms with Gasteiger partial charge >= 0.3 is 6.85 Å². The van der Waals surface area contributed by atoms with E-state index in [0.717, 1.165) is 0 Å². The molecule has 0 unspecified atom stereocenters. The van der Waals surface area contributed by atoms with Gasteiger partial charge in [-0.1, -0.05) is 84.9 Å². The molecule has 7 rings (SSSR count). The summed E-state index contributed by atoms with van der Waals surface area (Å²) in [7, 11) is 0. The summed E-state index contributed by atoms with van der Waals surface area (Å²) in [6.45, 7) is 0.136. The lowest BCUT2D eigenvalue weighted by Gasteiger charge is -2.36. The van der Waals surface area contributed by atoms with E-state index < -0.39 is 0 Å². The number of thiophene rings is 2. The van der Waals surface area contributed by atoms with Crippen LogP contribution >= 0.6 is 22.7 Å². The molecule has 2 aromatic heterocycles. The Morgan fingerprint density at radius 1 is 0.562 bits per heavy atom. The second kappa shape index (κ2) is 7.09. The van der Waals surface area contributed by atoms with Crippen LogP contribution in [0.5, 0.6) is 0 Å². The first-order valence-corrected chi connectivity index (χ1v) is 12.5. The Kier molecular flexibility index (Phi) is 4.05. The SMILES string of the molecule is c1ccc(B2c3sc4ccccc4c3-c3sc4ccccc4c3N2c2ccccc2)cc1. The Morgan fingerprint density at radius 3 is 1.91 bits per heavy atom. The highest BCUT2D eigenvalue weighted by Gasteiger charge is 2.41. The standard InChI is InChI=1S/C28H18BNS2/c1-3-11-19(12-4-1)29-28-25(21-15-7-9-17-23(21)32-28)27-26(22-16-8-10-18-24(22)31-27)30(29)20-13-5-2-6-14-20/h1-18H. The molecule has 4 aromatic carbocycles.